The Kier molecular flexibility index (Phi) is 4.28. The van der Waals surface area contributed by atoms with Crippen LogP contribution in [-0.2, 0) is 0 Å². The molecule has 1 heterocycles. The van der Waals surface area contributed by atoms with E-state index in [0.717, 1.165) is 6.07 Å². The number of aromatic nitrogens is 2. The van der Waals surface area contributed by atoms with Gasteiger partial charge in [0.05, 0.1) is 4.47 Å². The highest BCUT2D eigenvalue weighted by atomic mass is 79.9. The number of nitriles is 1. The van der Waals surface area contributed by atoms with Gasteiger partial charge in [-0.15, -0.1) is 13.2 Å². The fourth-order valence-electron chi connectivity index (χ4n) is 1.34. The zero-order chi connectivity index (χ0) is 15.5. The molecule has 1 aromatic carbocycles. The van der Waals surface area contributed by atoms with Gasteiger partial charge in [0.1, 0.15) is 17.6 Å². The zero-order valence-electron chi connectivity index (χ0n) is 10.1. The van der Waals surface area contributed by atoms with Crippen LogP contribution < -0.4 is 9.47 Å². The Balaban J connectivity index is 2.23. The number of hydrogen-bond donors (Lipinski definition) is 0. The highest BCUT2D eigenvalue weighted by Crippen LogP contribution is 2.34. The summed E-state index contributed by atoms with van der Waals surface area (Å²) in [4.78, 5) is 7.57. The summed E-state index contributed by atoms with van der Waals surface area (Å²) < 4.78 is 45.6. The molecule has 21 heavy (non-hydrogen) atoms. The van der Waals surface area contributed by atoms with Crippen molar-refractivity contribution in [3.05, 3.63) is 40.8 Å². The number of rotatable bonds is 3. The normalized spacial score (nSPS) is 10.8. The van der Waals surface area contributed by atoms with Crippen LogP contribution in [-0.4, -0.2) is 16.3 Å². The second kappa shape index (κ2) is 5.97. The van der Waals surface area contributed by atoms with Crippen LogP contribution in [0.5, 0.6) is 17.4 Å². The predicted molar refractivity (Wildman–Crippen MR) is 67.6 cm³/mol. The van der Waals surface area contributed by atoms with Gasteiger partial charge in [-0.2, -0.15) is 5.26 Å². The molecule has 0 saturated carbocycles. The summed E-state index contributed by atoms with van der Waals surface area (Å²) in [6.45, 7) is 0. The van der Waals surface area contributed by atoms with Gasteiger partial charge in [0.25, 0.3) is 5.88 Å². The molecule has 9 heteroatoms. The average molecular weight is 360 g/mol. The summed E-state index contributed by atoms with van der Waals surface area (Å²) >= 11 is 2.94. The van der Waals surface area contributed by atoms with Crippen molar-refractivity contribution in [1.29, 1.82) is 5.26 Å². The molecule has 2 aromatic rings. The van der Waals surface area contributed by atoms with Crippen molar-refractivity contribution in [3.8, 4) is 23.4 Å². The third-order valence-corrected chi connectivity index (χ3v) is 2.73. The molecule has 0 fully saturated rings. The fraction of sp³-hybridized carbons (Fsp3) is 0.0833. The van der Waals surface area contributed by atoms with E-state index < -0.39 is 12.1 Å². The molecule has 0 aliphatic carbocycles. The molecule has 0 N–H and O–H groups in total. The van der Waals surface area contributed by atoms with Crippen molar-refractivity contribution in [2.24, 2.45) is 0 Å². The van der Waals surface area contributed by atoms with Crippen molar-refractivity contribution in [3.63, 3.8) is 0 Å². The van der Waals surface area contributed by atoms with Gasteiger partial charge < -0.3 is 9.47 Å². The molecular formula is C12H5BrF3N3O2. The first-order valence-electron chi connectivity index (χ1n) is 5.33. The Bertz CT molecular complexity index is 701. The Morgan fingerprint density at radius 1 is 1.19 bits per heavy atom. The van der Waals surface area contributed by atoms with Crippen molar-refractivity contribution in [2.75, 3.05) is 0 Å². The fourth-order valence-corrected chi connectivity index (χ4v) is 1.78. The Morgan fingerprint density at radius 3 is 2.52 bits per heavy atom. The molecule has 0 radical (unpaired) electrons. The molecule has 0 aliphatic rings. The lowest BCUT2D eigenvalue weighted by Crippen LogP contribution is -2.17. The summed E-state index contributed by atoms with van der Waals surface area (Å²) in [5.74, 6) is -0.278. The molecule has 5 nitrogen and oxygen atoms in total. The molecular weight excluding hydrogens is 355 g/mol. The molecule has 0 saturated heterocycles. The quantitative estimate of drug-likeness (QED) is 0.833. The van der Waals surface area contributed by atoms with Gasteiger partial charge in [-0.1, -0.05) is 0 Å². The van der Waals surface area contributed by atoms with E-state index in [-0.39, 0.29) is 21.8 Å². The molecule has 0 atom stereocenters. The van der Waals surface area contributed by atoms with Crippen LogP contribution >= 0.6 is 15.9 Å². The van der Waals surface area contributed by atoms with E-state index in [4.69, 9.17) is 10.00 Å². The van der Waals surface area contributed by atoms with Crippen molar-refractivity contribution < 1.29 is 22.6 Å². The van der Waals surface area contributed by atoms with Crippen LogP contribution in [0.25, 0.3) is 0 Å². The molecule has 0 spiro atoms. The second-order valence-electron chi connectivity index (χ2n) is 3.56. The smallest absolute Gasteiger partial charge is 0.436 e. The van der Waals surface area contributed by atoms with Crippen LogP contribution in [0.4, 0.5) is 13.2 Å². The van der Waals surface area contributed by atoms with Gasteiger partial charge >= 0.3 is 6.36 Å². The predicted octanol–water partition coefficient (Wildman–Crippen LogP) is 3.80. The molecule has 0 unspecified atom stereocenters. The molecule has 1 aromatic heterocycles. The van der Waals surface area contributed by atoms with Gasteiger partial charge in [-0.3, -0.25) is 0 Å². The lowest BCUT2D eigenvalue weighted by atomic mass is 10.3. The minimum absolute atomic E-state index is 0.0377. The van der Waals surface area contributed by atoms with Crippen LogP contribution in [0, 0.1) is 11.3 Å². The Labute approximate surface area is 125 Å². The lowest BCUT2D eigenvalue weighted by molar-refractivity contribution is -0.274. The van der Waals surface area contributed by atoms with Crippen LogP contribution in [0.2, 0.25) is 0 Å². The SMILES string of the molecule is N#Cc1nccnc1Oc1ccc(OC(F)(F)F)c(Br)c1. The Morgan fingerprint density at radius 2 is 1.90 bits per heavy atom. The van der Waals surface area contributed by atoms with Gasteiger partial charge in [-0.05, 0) is 34.1 Å². The van der Waals surface area contributed by atoms with Crippen molar-refractivity contribution in [1.82, 2.24) is 9.97 Å². The largest absolute Gasteiger partial charge is 0.573 e. The summed E-state index contributed by atoms with van der Waals surface area (Å²) in [7, 11) is 0. The molecule has 2 rings (SSSR count). The maximum absolute atomic E-state index is 12.1. The van der Waals surface area contributed by atoms with Crippen molar-refractivity contribution in [2.45, 2.75) is 6.36 Å². The topological polar surface area (TPSA) is 68.0 Å². The molecule has 108 valence electrons. The van der Waals surface area contributed by atoms with E-state index >= 15 is 0 Å². The summed E-state index contributed by atoms with van der Waals surface area (Å²) in [6, 6.07) is 5.38. The minimum atomic E-state index is -4.79. The van der Waals surface area contributed by atoms with Gasteiger partial charge in [0, 0.05) is 12.4 Å². The van der Waals surface area contributed by atoms with E-state index in [1.165, 1.54) is 24.5 Å². The highest BCUT2D eigenvalue weighted by Gasteiger charge is 2.32. The maximum atomic E-state index is 12.1. The van der Waals surface area contributed by atoms with Gasteiger partial charge in [0.2, 0.25) is 5.69 Å². The molecule has 0 amide bonds. The number of nitrogens with zero attached hydrogens (tertiary/aromatic N) is 3. The van der Waals surface area contributed by atoms with Crippen molar-refractivity contribution >= 4 is 15.9 Å². The van der Waals surface area contributed by atoms with E-state index in [1.54, 1.807) is 6.07 Å². The van der Waals surface area contributed by atoms with Crippen LogP contribution in [0.1, 0.15) is 5.69 Å². The molecule has 0 bridgehead atoms. The van der Waals surface area contributed by atoms with Gasteiger partial charge in [0.15, 0.2) is 0 Å². The number of alkyl halides is 3. The molecule has 0 aliphatic heterocycles. The Hall–Kier alpha value is -2.34. The van der Waals surface area contributed by atoms with Crippen LogP contribution in [0.3, 0.4) is 0 Å². The van der Waals surface area contributed by atoms with Crippen LogP contribution in [0.15, 0.2) is 35.1 Å². The maximum Gasteiger partial charge on any atom is 0.573 e. The standard InChI is InChI=1S/C12H5BrF3N3O2/c13-8-5-7(1-2-10(8)21-12(14,15)16)20-11-9(6-17)18-3-4-19-11/h1-5H. The number of hydrogen-bond acceptors (Lipinski definition) is 5. The van der Waals surface area contributed by atoms with E-state index in [0.29, 0.717) is 0 Å². The summed E-state index contributed by atoms with van der Waals surface area (Å²) in [5, 5.41) is 8.84. The highest BCUT2D eigenvalue weighted by molar-refractivity contribution is 9.10. The zero-order valence-corrected chi connectivity index (χ0v) is 11.6. The first-order valence-corrected chi connectivity index (χ1v) is 6.12. The van der Waals surface area contributed by atoms with E-state index in [1.807, 2.05) is 0 Å². The number of benzene rings is 1. The first-order chi connectivity index (χ1) is 9.89. The first kappa shape index (κ1) is 15.1. The minimum Gasteiger partial charge on any atom is -0.436 e. The van der Waals surface area contributed by atoms with E-state index in [2.05, 4.69) is 30.6 Å². The third-order valence-electron chi connectivity index (χ3n) is 2.11. The van der Waals surface area contributed by atoms with Gasteiger partial charge in [-0.25, -0.2) is 9.97 Å². The number of halogens is 4. The third kappa shape index (κ3) is 4.06. The second-order valence-corrected chi connectivity index (χ2v) is 4.42. The average Bonchev–Trinajstić information content (AvgIpc) is 2.41. The summed E-state index contributed by atoms with van der Waals surface area (Å²) in [5.41, 5.74) is -0.0377. The number of ether oxygens (including phenoxy) is 2. The summed E-state index contributed by atoms with van der Waals surface area (Å²) in [6.07, 6.45) is -2.14. The monoisotopic (exact) mass is 359 g/mol. The van der Waals surface area contributed by atoms with E-state index in [9.17, 15) is 13.2 Å². The lowest BCUT2D eigenvalue weighted by Gasteiger charge is -2.11.